The van der Waals surface area contributed by atoms with Crippen molar-refractivity contribution in [1.82, 2.24) is 14.7 Å². The molecule has 0 unspecified atom stereocenters. The number of halogens is 4. The first-order valence-electron chi connectivity index (χ1n) is 11.0. The normalized spacial score (nSPS) is 12.0. The molecule has 14 heteroatoms. The number of sulfonamides is 1. The third kappa shape index (κ3) is 4.93. The standard InChI is InChI=1S/C25H16F4N4O5S/c1-37-22-11-17(19-5-3-15(13-30-19)25(27,28)29)18(26)12-21(22)33-20-6-4-16(10-14(20)2-7-24(33)34)39(35,36)32-23-8-9-38-31-23/h2-13H,1H3,(H,31,32). The van der Waals surface area contributed by atoms with E-state index >= 15 is 4.39 Å². The van der Waals surface area contributed by atoms with Crippen molar-refractivity contribution in [2.45, 2.75) is 11.1 Å². The molecule has 0 radical (unpaired) electrons. The van der Waals surface area contributed by atoms with Crippen molar-refractivity contribution in [2.24, 2.45) is 0 Å². The van der Waals surface area contributed by atoms with Crippen LogP contribution in [0.1, 0.15) is 5.56 Å². The molecular weight excluding hydrogens is 544 g/mol. The Kier molecular flexibility index (Phi) is 6.34. The predicted octanol–water partition coefficient (Wildman–Crippen LogP) is 5.01. The molecule has 1 N–H and O–H groups in total. The average Bonchev–Trinajstić information content (AvgIpc) is 3.40. The van der Waals surface area contributed by atoms with Crippen LogP contribution < -0.4 is 15.0 Å². The molecule has 200 valence electrons. The summed E-state index contributed by atoms with van der Waals surface area (Å²) in [4.78, 5) is 16.5. The number of ether oxygens (including phenoxy) is 1. The number of benzene rings is 2. The maximum Gasteiger partial charge on any atom is 0.417 e. The van der Waals surface area contributed by atoms with Gasteiger partial charge in [0.2, 0.25) is 0 Å². The molecule has 3 aromatic heterocycles. The van der Waals surface area contributed by atoms with Crippen LogP contribution in [0.15, 0.2) is 87.3 Å². The van der Waals surface area contributed by atoms with Crippen LogP contribution in [0.5, 0.6) is 5.75 Å². The molecule has 3 heterocycles. The fourth-order valence-electron chi connectivity index (χ4n) is 3.90. The maximum atomic E-state index is 15.3. The first-order chi connectivity index (χ1) is 18.5. The smallest absolute Gasteiger partial charge is 0.417 e. The molecule has 39 heavy (non-hydrogen) atoms. The zero-order valence-corrected chi connectivity index (χ0v) is 20.5. The molecule has 0 aliphatic rings. The van der Waals surface area contributed by atoms with E-state index in [1.807, 2.05) is 0 Å². The van der Waals surface area contributed by atoms with E-state index in [1.165, 1.54) is 55.8 Å². The number of aromatic nitrogens is 3. The van der Waals surface area contributed by atoms with Crippen molar-refractivity contribution in [2.75, 3.05) is 11.8 Å². The van der Waals surface area contributed by atoms with Crippen molar-refractivity contribution in [3.63, 3.8) is 0 Å². The third-order valence-electron chi connectivity index (χ3n) is 5.73. The highest BCUT2D eigenvalue weighted by Gasteiger charge is 2.31. The number of nitrogens with zero attached hydrogens (tertiary/aromatic N) is 3. The summed E-state index contributed by atoms with van der Waals surface area (Å²) in [6.45, 7) is 0. The monoisotopic (exact) mass is 560 g/mol. The first kappa shape index (κ1) is 25.9. The Balaban J connectivity index is 1.60. The molecule has 0 fully saturated rings. The average molecular weight is 560 g/mol. The lowest BCUT2D eigenvalue weighted by molar-refractivity contribution is -0.137. The number of anilines is 1. The quantitative estimate of drug-likeness (QED) is 0.290. The summed E-state index contributed by atoms with van der Waals surface area (Å²) in [5, 5.41) is 3.84. The van der Waals surface area contributed by atoms with Gasteiger partial charge in [-0.05, 0) is 42.5 Å². The predicted molar refractivity (Wildman–Crippen MR) is 132 cm³/mol. The molecular formula is C25H16F4N4O5S. The second-order valence-electron chi connectivity index (χ2n) is 8.15. The van der Waals surface area contributed by atoms with E-state index in [9.17, 15) is 26.4 Å². The van der Waals surface area contributed by atoms with Crippen LogP contribution in [-0.4, -0.2) is 30.2 Å². The summed E-state index contributed by atoms with van der Waals surface area (Å²) in [5.74, 6) is -0.882. The molecule has 0 amide bonds. The van der Waals surface area contributed by atoms with Gasteiger partial charge in [0, 0.05) is 35.3 Å². The summed E-state index contributed by atoms with van der Waals surface area (Å²) < 4.78 is 92.9. The third-order valence-corrected chi connectivity index (χ3v) is 7.08. The van der Waals surface area contributed by atoms with Crippen LogP contribution in [0, 0.1) is 5.82 Å². The minimum atomic E-state index is -4.60. The second kappa shape index (κ2) is 9.54. The van der Waals surface area contributed by atoms with Gasteiger partial charge in [-0.1, -0.05) is 5.16 Å². The summed E-state index contributed by atoms with van der Waals surface area (Å²) >= 11 is 0. The summed E-state index contributed by atoms with van der Waals surface area (Å²) in [6, 6.07) is 11.9. The number of nitrogens with one attached hydrogen (secondary N) is 1. The number of alkyl halides is 3. The van der Waals surface area contributed by atoms with Gasteiger partial charge < -0.3 is 9.26 Å². The topological polar surface area (TPSA) is 116 Å². The van der Waals surface area contributed by atoms with Crippen LogP contribution in [0.2, 0.25) is 0 Å². The molecule has 0 bridgehead atoms. The van der Waals surface area contributed by atoms with Gasteiger partial charge in [-0.25, -0.2) is 12.8 Å². The van der Waals surface area contributed by atoms with Gasteiger partial charge in [0.1, 0.15) is 17.8 Å². The van der Waals surface area contributed by atoms with E-state index < -0.39 is 33.1 Å². The highest BCUT2D eigenvalue weighted by atomic mass is 32.2. The van der Waals surface area contributed by atoms with Gasteiger partial charge in [-0.2, -0.15) is 13.2 Å². The van der Waals surface area contributed by atoms with Crippen molar-refractivity contribution < 1.29 is 35.2 Å². The van der Waals surface area contributed by atoms with Gasteiger partial charge in [0.05, 0.1) is 34.5 Å². The highest BCUT2D eigenvalue weighted by molar-refractivity contribution is 7.92. The maximum absolute atomic E-state index is 15.3. The van der Waals surface area contributed by atoms with Gasteiger partial charge in [0.15, 0.2) is 5.82 Å². The molecule has 0 saturated carbocycles. The van der Waals surface area contributed by atoms with Gasteiger partial charge in [0.25, 0.3) is 15.6 Å². The zero-order chi connectivity index (χ0) is 27.9. The van der Waals surface area contributed by atoms with E-state index in [0.29, 0.717) is 11.6 Å². The molecule has 5 rings (SSSR count). The number of hydrogen-bond donors (Lipinski definition) is 1. The summed E-state index contributed by atoms with van der Waals surface area (Å²) in [5.41, 5.74) is -1.57. The summed E-state index contributed by atoms with van der Waals surface area (Å²) in [7, 11) is -2.78. The van der Waals surface area contributed by atoms with Crippen LogP contribution in [0.3, 0.4) is 0 Å². The van der Waals surface area contributed by atoms with E-state index in [-0.39, 0.29) is 38.9 Å². The van der Waals surface area contributed by atoms with E-state index in [2.05, 4.69) is 19.4 Å². The van der Waals surface area contributed by atoms with Crippen LogP contribution in [0.25, 0.3) is 27.8 Å². The molecule has 0 atom stereocenters. The lowest BCUT2D eigenvalue weighted by atomic mass is 10.1. The minimum Gasteiger partial charge on any atom is -0.495 e. The van der Waals surface area contributed by atoms with E-state index in [1.54, 1.807) is 0 Å². The van der Waals surface area contributed by atoms with E-state index in [0.717, 1.165) is 22.8 Å². The number of methoxy groups -OCH3 is 1. The Morgan fingerprint density at radius 2 is 1.82 bits per heavy atom. The van der Waals surface area contributed by atoms with Crippen molar-refractivity contribution in [3.05, 3.63) is 94.9 Å². The molecule has 0 saturated heterocycles. The Bertz CT molecular complexity index is 1850. The number of rotatable bonds is 6. The van der Waals surface area contributed by atoms with Crippen molar-refractivity contribution in [1.29, 1.82) is 0 Å². The lowest BCUT2D eigenvalue weighted by Crippen LogP contribution is -2.19. The Hall–Kier alpha value is -4.72. The van der Waals surface area contributed by atoms with Crippen molar-refractivity contribution >= 4 is 26.7 Å². The second-order valence-corrected chi connectivity index (χ2v) is 9.83. The fraction of sp³-hybridized carbons (Fsp3) is 0.0800. The number of fused-ring (bicyclic) bond motifs is 1. The fourth-order valence-corrected chi connectivity index (χ4v) is 4.93. The number of hydrogen-bond acceptors (Lipinski definition) is 7. The molecule has 0 aliphatic heterocycles. The van der Waals surface area contributed by atoms with Gasteiger partial charge in [-0.15, -0.1) is 0 Å². The highest BCUT2D eigenvalue weighted by Crippen LogP contribution is 2.34. The molecule has 9 nitrogen and oxygen atoms in total. The Morgan fingerprint density at radius 1 is 1.03 bits per heavy atom. The van der Waals surface area contributed by atoms with Crippen LogP contribution >= 0.6 is 0 Å². The molecule has 2 aromatic carbocycles. The molecule has 0 spiro atoms. The van der Waals surface area contributed by atoms with Gasteiger partial charge >= 0.3 is 6.18 Å². The first-order valence-corrected chi connectivity index (χ1v) is 12.5. The lowest BCUT2D eigenvalue weighted by Gasteiger charge is -2.16. The van der Waals surface area contributed by atoms with E-state index in [4.69, 9.17) is 4.74 Å². The summed E-state index contributed by atoms with van der Waals surface area (Å²) in [6.07, 6.45) is -2.82. The minimum absolute atomic E-state index is 0.0161. The zero-order valence-electron chi connectivity index (χ0n) is 19.7. The largest absolute Gasteiger partial charge is 0.495 e. The van der Waals surface area contributed by atoms with Crippen molar-refractivity contribution in [3.8, 4) is 22.7 Å². The van der Waals surface area contributed by atoms with Crippen LogP contribution in [0.4, 0.5) is 23.4 Å². The number of pyridine rings is 2. The van der Waals surface area contributed by atoms with Crippen LogP contribution in [-0.2, 0) is 16.2 Å². The molecule has 5 aromatic rings. The Morgan fingerprint density at radius 3 is 2.46 bits per heavy atom. The molecule has 0 aliphatic carbocycles. The van der Waals surface area contributed by atoms with Gasteiger partial charge in [-0.3, -0.25) is 19.1 Å². The SMILES string of the molecule is COc1cc(-c2ccc(C(F)(F)F)cn2)c(F)cc1-n1c(=O)ccc2cc(S(=O)(=O)Nc3ccon3)ccc21. The Labute approximate surface area is 217 Å².